The third kappa shape index (κ3) is 4.09. The van der Waals surface area contributed by atoms with Gasteiger partial charge in [0.25, 0.3) is 0 Å². The molecule has 0 spiro atoms. The Morgan fingerprint density at radius 2 is 1.91 bits per heavy atom. The Balaban J connectivity index is 1.88. The molecule has 0 aromatic heterocycles. The molecular formula is C23H17Cl2FN2O4. The SMILES string of the molecule is COc1ccc(C2(c3ccc(F)c(-c4cccc(Cl)c4)c3)COC(NOC=O)=N2)cc1Cl. The third-order valence-corrected chi connectivity index (χ3v) is 5.64. The summed E-state index contributed by atoms with van der Waals surface area (Å²) in [5, 5.41) is 0.867. The first kappa shape index (κ1) is 21.9. The quantitative estimate of drug-likeness (QED) is 0.396. The van der Waals surface area contributed by atoms with Gasteiger partial charge < -0.3 is 14.3 Å². The van der Waals surface area contributed by atoms with Gasteiger partial charge in [0.2, 0.25) is 0 Å². The van der Waals surface area contributed by atoms with Gasteiger partial charge in [-0.2, -0.15) is 5.48 Å². The molecule has 0 saturated heterocycles. The first-order chi connectivity index (χ1) is 15.5. The number of hydrogen-bond acceptors (Lipinski definition) is 6. The molecule has 0 saturated carbocycles. The topological polar surface area (TPSA) is 69.2 Å². The van der Waals surface area contributed by atoms with Crippen LogP contribution in [0.5, 0.6) is 5.75 Å². The molecule has 1 aliphatic rings. The van der Waals surface area contributed by atoms with E-state index in [1.54, 1.807) is 54.6 Å². The molecule has 1 unspecified atom stereocenters. The van der Waals surface area contributed by atoms with Crippen LogP contribution in [-0.4, -0.2) is 26.2 Å². The molecule has 1 atom stereocenters. The monoisotopic (exact) mass is 474 g/mol. The van der Waals surface area contributed by atoms with Crippen LogP contribution in [0.3, 0.4) is 0 Å². The molecule has 6 nitrogen and oxygen atoms in total. The van der Waals surface area contributed by atoms with Gasteiger partial charge in [-0.05, 0) is 53.1 Å². The summed E-state index contributed by atoms with van der Waals surface area (Å²) in [4.78, 5) is 19.8. The maximum atomic E-state index is 14.8. The van der Waals surface area contributed by atoms with Crippen LogP contribution in [0.2, 0.25) is 10.0 Å². The van der Waals surface area contributed by atoms with E-state index in [4.69, 9.17) is 32.7 Å². The summed E-state index contributed by atoms with van der Waals surface area (Å²) >= 11 is 12.5. The van der Waals surface area contributed by atoms with Crippen molar-refractivity contribution in [3.63, 3.8) is 0 Å². The van der Waals surface area contributed by atoms with Crippen LogP contribution in [0.1, 0.15) is 11.1 Å². The van der Waals surface area contributed by atoms with E-state index in [1.165, 1.54) is 13.2 Å². The Morgan fingerprint density at radius 1 is 1.12 bits per heavy atom. The Labute approximate surface area is 193 Å². The van der Waals surface area contributed by atoms with Gasteiger partial charge in [0.15, 0.2) is 5.54 Å². The summed E-state index contributed by atoms with van der Waals surface area (Å²) in [7, 11) is 1.52. The molecule has 0 fully saturated rings. The minimum absolute atomic E-state index is 0.00216. The number of nitrogens with zero attached hydrogens (tertiary/aromatic N) is 1. The van der Waals surface area contributed by atoms with Crippen molar-refractivity contribution in [1.29, 1.82) is 0 Å². The van der Waals surface area contributed by atoms with E-state index in [2.05, 4.69) is 15.3 Å². The number of aliphatic imine (C=N–C) groups is 1. The Kier molecular flexibility index (Phi) is 6.21. The highest BCUT2D eigenvalue weighted by Gasteiger charge is 2.41. The molecule has 9 heteroatoms. The Bertz CT molecular complexity index is 1200. The highest BCUT2D eigenvalue weighted by molar-refractivity contribution is 6.32. The summed E-state index contributed by atoms with van der Waals surface area (Å²) in [5.74, 6) is 0.0827. The fourth-order valence-corrected chi connectivity index (χ4v) is 4.03. The molecule has 3 aromatic rings. The molecule has 1 heterocycles. The number of hydrogen-bond donors (Lipinski definition) is 1. The van der Waals surface area contributed by atoms with Gasteiger partial charge >= 0.3 is 12.5 Å². The molecule has 3 aromatic carbocycles. The zero-order valence-electron chi connectivity index (χ0n) is 16.8. The van der Waals surface area contributed by atoms with Crippen molar-refractivity contribution < 1.29 is 23.5 Å². The minimum Gasteiger partial charge on any atom is -0.495 e. The molecule has 0 radical (unpaired) electrons. The number of amidine groups is 1. The van der Waals surface area contributed by atoms with Gasteiger partial charge in [-0.3, -0.25) is 4.79 Å². The van der Waals surface area contributed by atoms with Crippen molar-refractivity contribution in [2.75, 3.05) is 13.7 Å². The van der Waals surface area contributed by atoms with E-state index in [-0.39, 0.29) is 19.1 Å². The van der Waals surface area contributed by atoms with E-state index in [0.29, 0.717) is 38.0 Å². The fourth-order valence-electron chi connectivity index (χ4n) is 3.58. The third-order valence-electron chi connectivity index (χ3n) is 5.11. The normalized spacial score (nSPS) is 17.3. The van der Waals surface area contributed by atoms with Crippen LogP contribution in [0.4, 0.5) is 4.39 Å². The van der Waals surface area contributed by atoms with E-state index in [1.807, 2.05) is 0 Å². The van der Waals surface area contributed by atoms with Crippen LogP contribution < -0.4 is 10.2 Å². The zero-order chi connectivity index (χ0) is 22.7. The summed E-state index contributed by atoms with van der Waals surface area (Å²) in [5.41, 5.74) is 3.53. The number of ether oxygens (including phenoxy) is 2. The van der Waals surface area contributed by atoms with Crippen molar-refractivity contribution in [3.05, 3.63) is 87.7 Å². The largest absolute Gasteiger partial charge is 0.495 e. The second-order valence-electron chi connectivity index (χ2n) is 6.94. The standard InChI is InChI=1S/C23H17Cl2FN2O4/c1-30-21-8-6-16(11-19(21)25)23(12-31-22(27-23)28-32-13-29)15-5-7-20(26)18(10-15)14-3-2-4-17(24)9-14/h2-11,13H,12H2,1H3,(H,27,28). The smallest absolute Gasteiger partial charge is 0.320 e. The van der Waals surface area contributed by atoms with Crippen LogP contribution in [-0.2, 0) is 19.9 Å². The van der Waals surface area contributed by atoms with Crippen molar-refractivity contribution in [3.8, 4) is 16.9 Å². The van der Waals surface area contributed by atoms with E-state index in [0.717, 1.165) is 0 Å². The summed E-state index contributed by atoms with van der Waals surface area (Å²) in [6, 6.07) is 16.8. The van der Waals surface area contributed by atoms with Gasteiger partial charge in [-0.1, -0.05) is 47.5 Å². The van der Waals surface area contributed by atoms with Crippen LogP contribution in [0, 0.1) is 5.82 Å². The lowest BCUT2D eigenvalue weighted by molar-refractivity contribution is -0.132. The first-order valence-corrected chi connectivity index (χ1v) is 10.2. The molecule has 164 valence electrons. The number of carbonyl (C=O) groups is 1. The van der Waals surface area contributed by atoms with Crippen molar-refractivity contribution >= 4 is 35.7 Å². The molecule has 4 rings (SSSR count). The lowest BCUT2D eigenvalue weighted by Gasteiger charge is -2.26. The molecule has 1 N–H and O–H groups in total. The van der Waals surface area contributed by atoms with Gasteiger partial charge in [0, 0.05) is 10.6 Å². The second kappa shape index (κ2) is 9.06. The number of methoxy groups -OCH3 is 1. The number of benzene rings is 3. The molecule has 32 heavy (non-hydrogen) atoms. The number of hydroxylamine groups is 1. The van der Waals surface area contributed by atoms with E-state index >= 15 is 0 Å². The highest BCUT2D eigenvalue weighted by atomic mass is 35.5. The fraction of sp³-hybridized carbons (Fsp3) is 0.130. The van der Waals surface area contributed by atoms with Crippen molar-refractivity contribution in [2.24, 2.45) is 4.99 Å². The molecule has 0 amide bonds. The van der Waals surface area contributed by atoms with Gasteiger partial charge in [-0.25, -0.2) is 9.38 Å². The first-order valence-electron chi connectivity index (χ1n) is 9.45. The van der Waals surface area contributed by atoms with Crippen molar-refractivity contribution in [2.45, 2.75) is 5.54 Å². The summed E-state index contributed by atoms with van der Waals surface area (Å²) < 4.78 is 25.7. The minimum atomic E-state index is -1.09. The van der Waals surface area contributed by atoms with Crippen LogP contribution >= 0.6 is 23.2 Å². The average molecular weight is 475 g/mol. The molecular weight excluding hydrogens is 458 g/mol. The van der Waals surface area contributed by atoms with Gasteiger partial charge in [0.1, 0.15) is 18.2 Å². The maximum Gasteiger partial charge on any atom is 0.320 e. The van der Waals surface area contributed by atoms with E-state index in [9.17, 15) is 9.18 Å². The predicted molar refractivity (Wildman–Crippen MR) is 119 cm³/mol. The lowest BCUT2D eigenvalue weighted by Crippen LogP contribution is -2.27. The number of halogens is 3. The zero-order valence-corrected chi connectivity index (χ0v) is 18.3. The van der Waals surface area contributed by atoms with Crippen molar-refractivity contribution in [1.82, 2.24) is 5.48 Å². The van der Waals surface area contributed by atoms with E-state index < -0.39 is 11.4 Å². The Morgan fingerprint density at radius 3 is 2.62 bits per heavy atom. The van der Waals surface area contributed by atoms with Gasteiger partial charge in [-0.15, -0.1) is 0 Å². The predicted octanol–water partition coefficient (Wildman–Crippen LogP) is 5.12. The summed E-state index contributed by atoms with van der Waals surface area (Å²) in [6.45, 7) is 0.270. The second-order valence-corrected chi connectivity index (χ2v) is 7.78. The Hall–Kier alpha value is -3.29. The van der Waals surface area contributed by atoms with Crippen LogP contribution in [0.25, 0.3) is 11.1 Å². The highest BCUT2D eigenvalue weighted by Crippen LogP contribution is 2.42. The lowest BCUT2D eigenvalue weighted by atomic mass is 9.83. The summed E-state index contributed by atoms with van der Waals surface area (Å²) in [6.07, 6.45) is 0. The number of rotatable bonds is 6. The number of nitrogens with one attached hydrogen (secondary N) is 1. The molecule has 0 bridgehead atoms. The molecule has 1 aliphatic heterocycles. The maximum absolute atomic E-state index is 14.8. The van der Waals surface area contributed by atoms with Gasteiger partial charge in [0.05, 0.1) is 12.1 Å². The molecule has 0 aliphatic carbocycles. The average Bonchev–Trinajstić information content (AvgIpc) is 3.23. The van der Waals surface area contributed by atoms with Crippen LogP contribution in [0.15, 0.2) is 65.7 Å². The number of carbonyl (C=O) groups excluding carboxylic acids is 1.